The van der Waals surface area contributed by atoms with E-state index in [1.165, 1.54) is 18.0 Å². The van der Waals surface area contributed by atoms with E-state index in [0.717, 1.165) is 44.0 Å². The van der Waals surface area contributed by atoms with Gasteiger partial charge in [-0.25, -0.2) is 5.48 Å². The zero-order valence-corrected chi connectivity index (χ0v) is 18.0. The molecule has 8 heteroatoms. The number of benzene rings is 2. The van der Waals surface area contributed by atoms with Crippen molar-refractivity contribution in [2.45, 2.75) is 25.6 Å². The molecule has 2 aromatic rings. The highest BCUT2D eigenvalue weighted by Crippen LogP contribution is 2.13. The summed E-state index contributed by atoms with van der Waals surface area (Å²) in [6.45, 7) is 5.78. The number of aliphatic hydroxyl groups excluding tert-OH is 1. The zero-order valence-electron chi connectivity index (χ0n) is 18.0. The first-order valence-corrected chi connectivity index (χ1v) is 10.6. The van der Waals surface area contributed by atoms with Crippen molar-refractivity contribution in [3.8, 4) is 0 Å². The molecule has 3 rings (SSSR count). The van der Waals surface area contributed by atoms with Crippen LogP contribution in [0.1, 0.15) is 34.0 Å². The van der Waals surface area contributed by atoms with Crippen LogP contribution in [0.2, 0.25) is 0 Å². The second kappa shape index (κ2) is 11.5. The summed E-state index contributed by atoms with van der Waals surface area (Å²) in [5.74, 6) is -1.41. The van der Waals surface area contributed by atoms with E-state index in [1.807, 2.05) is 12.2 Å². The standard InChI is InChI=1S/C24H29N3O5/c1-17(28)22(24(30)26-31)25-23(29)21-10-8-19(9-11-21)3-2-18-4-6-20(7-5-18)16-27-12-14-32-15-13-27/h2-11,17,22,28,31H,12-16H2,1H3,(H,25,29)(H,26,30)/b3-2+/t17-,22-/m0/s1. The largest absolute Gasteiger partial charge is 0.391 e. The molecule has 8 nitrogen and oxygen atoms in total. The molecule has 0 unspecified atom stereocenters. The number of ether oxygens (including phenoxy) is 1. The van der Waals surface area contributed by atoms with Crippen molar-refractivity contribution < 1.29 is 24.6 Å². The maximum atomic E-state index is 12.3. The van der Waals surface area contributed by atoms with Crippen LogP contribution in [0.3, 0.4) is 0 Å². The van der Waals surface area contributed by atoms with Gasteiger partial charge >= 0.3 is 0 Å². The Kier molecular flexibility index (Phi) is 8.52. The summed E-state index contributed by atoms with van der Waals surface area (Å²) in [4.78, 5) is 26.3. The molecule has 170 valence electrons. The third-order valence-electron chi connectivity index (χ3n) is 5.29. The maximum Gasteiger partial charge on any atom is 0.268 e. The number of amides is 2. The summed E-state index contributed by atoms with van der Waals surface area (Å²) in [5.41, 5.74) is 5.04. The van der Waals surface area contributed by atoms with Crippen LogP contribution in [0.15, 0.2) is 48.5 Å². The quantitative estimate of drug-likeness (QED) is 0.283. The summed E-state index contributed by atoms with van der Waals surface area (Å²) in [6, 6.07) is 14.0. The number of hydrogen-bond acceptors (Lipinski definition) is 6. The van der Waals surface area contributed by atoms with Gasteiger partial charge in [0.1, 0.15) is 6.04 Å². The Hall–Kier alpha value is -3.04. The predicted octanol–water partition coefficient (Wildman–Crippen LogP) is 1.67. The highest BCUT2D eigenvalue weighted by molar-refractivity contribution is 5.97. The molecule has 0 saturated carbocycles. The molecule has 1 saturated heterocycles. The molecule has 0 spiro atoms. The third kappa shape index (κ3) is 6.73. The Morgan fingerprint density at radius 2 is 1.59 bits per heavy atom. The fourth-order valence-corrected chi connectivity index (χ4v) is 3.39. The van der Waals surface area contributed by atoms with Crippen LogP contribution in [0.25, 0.3) is 12.2 Å². The SMILES string of the molecule is C[C@H](O)[C@H](NC(=O)c1ccc(/C=C/c2ccc(CN3CCOCC3)cc2)cc1)C(=O)NO. The fourth-order valence-electron chi connectivity index (χ4n) is 3.39. The number of carbonyl (C=O) groups excluding carboxylic acids is 2. The number of nitrogens with zero attached hydrogens (tertiary/aromatic N) is 1. The van der Waals surface area contributed by atoms with Crippen molar-refractivity contribution in [2.24, 2.45) is 0 Å². The normalized spacial score (nSPS) is 16.5. The van der Waals surface area contributed by atoms with E-state index in [2.05, 4.69) is 34.5 Å². The lowest BCUT2D eigenvalue weighted by Crippen LogP contribution is -2.51. The molecule has 2 amide bonds. The number of rotatable bonds is 8. The van der Waals surface area contributed by atoms with Gasteiger partial charge in [-0.1, -0.05) is 48.6 Å². The van der Waals surface area contributed by atoms with Crippen LogP contribution < -0.4 is 10.8 Å². The van der Waals surface area contributed by atoms with Gasteiger partial charge in [0.05, 0.1) is 19.3 Å². The van der Waals surface area contributed by atoms with Crippen molar-refractivity contribution in [2.75, 3.05) is 26.3 Å². The molecule has 0 aromatic heterocycles. The van der Waals surface area contributed by atoms with E-state index in [0.29, 0.717) is 5.56 Å². The van der Waals surface area contributed by atoms with Gasteiger partial charge in [0.15, 0.2) is 0 Å². The maximum absolute atomic E-state index is 12.3. The van der Waals surface area contributed by atoms with E-state index >= 15 is 0 Å². The molecular weight excluding hydrogens is 410 g/mol. The smallest absolute Gasteiger partial charge is 0.268 e. The monoisotopic (exact) mass is 439 g/mol. The topological polar surface area (TPSA) is 111 Å². The van der Waals surface area contributed by atoms with Crippen molar-refractivity contribution >= 4 is 24.0 Å². The first-order valence-electron chi connectivity index (χ1n) is 10.6. The molecule has 1 aliphatic rings. The van der Waals surface area contributed by atoms with Crippen molar-refractivity contribution in [1.82, 2.24) is 15.7 Å². The molecule has 0 bridgehead atoms. The number of hydroxylamine groups is 1. The average molecular weight is 440 g/mol. The lowest BCUT2D eigenvalue weighted by Gasteiger charge is -2.26. The average Bonchev–Trinajstić information content (AvgIpc) is 2.82. The molecule has 1 aliphatic heterocycles. The van der Waals surface area contributed by atoms with Gasteiger partial charge in [-0.05, 0) is 35.7 Å². The molecule has 1 heterocycles. The third-order valence-corrected chi connectivity index (χ3v) is 5.29. The Morgan fingerprint density at radius 1 is 1.03 bits per heavy atom. The lowest BCUT2D eigenvalue weighted by atomic mass is 10.1. The Labute approximate surface area is 187 Å². The minimum atomic E-state index is -1.25. The van der Waals surface area contributed by atoms with E-state index in [1.54, 1.807) is 24.3 Å². The highest BCUT2D eigenvalue weighted by Gasteiger charge is 2.25. The van der Waals surface area contributed by atoms with Crippen LogP contribution >= 0.6 is 0 Å². The second-order valence-electron chi connectivity index (χ2n) is 7.75. The van der Waals surface area contributed by atoms with Gasteiger partial charge in [0.2, 0.25) is 0 Å². The predicted molar refractivity (Wildman–Crippen MR) is 121 cm³/mol. The summed E-state index contributed by atoms with van der Waals surface area (Å²) >= 11 is 0. The summed E-state index contributed by atoms with van der Waals surface area (Å²) < 4.78 is 5.38. The van der Waals surface area contributed by atoms with Crippen molar-refractivity contribution in [1.29, 1.82) is 0 Å². The number of aliphatic hydroxyl groups is 1. The molecule has 1 fully saturated rings. The number of morpholine rings is 1. The number of hydrogen-bond donors (Lipinski definition) is 4. The van der Waals surface area contributed by atoms with E-state index in [4.69, 9.17) is 9.94 Å². The minimum absolute atomic E-state index is 0.339. The Balaban J connectivity index is 1.56. The highest BCUT2D eigenvalue weighted by atomic mass is 16.5. The molecule has 32 heavy (non-hydrogen) atoms. The first kappa shape index (κ1) is 23.6. The van der Waals surface area contributed by atoms with Gasteiger partial charge in [0, 0.05) is 25.2 Å². The zero-order chi connectivity index (χ0) is 22.9. The summed E-state index contributed by atoms with van der Waals surface area (Å²) in [6.07, 6.45) is 2.80. The van der Waals surface area contributed by atoms with E-state index in [-0.39, 0.29) is 0 Å². The first-order chi connectivity index (χ1) is 15.5. The van der Waals surface area contributed by atoms with Gasteiger partial charge < -0.3 is 15.2 Å². The number of nitrogens with one attached hydrogen (secondary N) is 2. The van der Waals surface area contributed by atoms with Gasteiger partial charge in [-0.2, -0.15) is 0 Å². The van der Waals surface area contributed by atoms with Crippen LogP contribution in [0.4, 0.5) is 0 Å². The van der Waals surface area contributed by atoms with Gasteiger partial charge in [-0.3, -0.25) is 19.7 Å². The second-order valence-corrected chi connectivity index (χ2v) is 7.75. The molecular formula is C24H29N3O5. The van der Waals surface area contributed by atoms with E-state index < -0.39 is 24.0 Å². The summed E-state index contributed by atoms with van der Waals surface area (Å²) in [7, 11) is 0. The Bertz CT molecular complexity index is 920. The molecule has 2 aromatic carbocycles. The summed E-state index contributed by atoms with van der Waals surface area (Å²) in [5, 5.41) is 20.8. The van der Waals surface area contributed by atoms with Crippen LogP contribution in [0.5, 0.6) is 0 Å². The molecule has 0 aliphatic carbocycles. The van der Waals surface area contributed by atoms with Crippen molar-refractivity contribution in [3.63, 3.8) is 0 Å². The van der Waals surface area contributed by atoms with Crippen LogP contribution in [-0.2, 0) is 16.1 Å². The number of carbonyl (C=O) groups is 2. The van der Waals surface area contributed by atoms with Crippen molar-refractivity contribution in [3.05, 3.63) is 70.8 Å². The van der Waals surface area contributed by atoms with E-state index in [9.17, 15) is 14.7 Å². The minimum Gasteiger partial charge on any atom is -0.391 e. The lowest BCUT2D eigenvalue weighted by molar-refractivity contribution is -0.133. The fraction of sp³-hybridized carbons (Fsp3) is 0.333. The van der Waals surface area contributed by atoms with Crippen LogP contribution in [0, 0.1) is 0 Å². The van der Waals surface area contributed by atoms with Gasteiger partial charge in [0.25, 0.3) is 11.8 Å². The Morgan fingerprint density at radius 3 is 2.12 bits per heavy atom. The molecule has 0 radical (unpaired) electrons. The molecule has 2 atom stereocenters. The van der Waals surface area contributed by atoms with Crippen LogP contribution in [-0.4, -0.2) is 65.5 Å². The van der Waals surface area contributed by atoms with Gasteiger partial charge in [-0.15, -0.1) is 0 Å². The molecule has 4 N–H and O–H groups in total.